The van der Waals surface area contributed by atoms with E-state index in [0.717, 1.165) is 13.1 Å². The highest BCUT2D eigenvalue weighted by molar-refractivity contribution is 5.69. The molecule has 2 aromatic rings. The first-order valence-electron chi connectivity index (χ1n) is 6.09. The van der Waals surface area contributed by atoms with Gasteiger partial charge in [0.15, 0.2) is 0 Å². The van der Waals surface area contributed by atoms with E-state index >= 15 is 0 Å². The molecule has 18 heavy (non-hydrogen) atoms. The lowest BCUT2D eigenvalue weighted by Gasteiger charge is -2.42. The zero-order valence-corrected chi connectivity index (χ0v) is 10.0. The van der Waals surface area contributed by atoms with Gasteiger partial charge in [-0.3, -0.25) is 0 Å². The molecule has 0 atom stereocenters. The maximum Gasteiger partial charge on any atom is 0.148 e. The Morgan fingerprint density at radius 3 is 2.39 bits per heavy atom. The van der Waals surface area contributed by atoms with E-state index in [9.17, 15) is 4.39 Å². The highest BCUT2D eigenvalue weighted by Crippen LogP contribution is 2.36. The Labute approximate surface area is 106 Å². The number of hydrogen-bond acceptors (Lipinski definition) is 2. The Bertz CT molecular complexity index is 527. The Morgan fingerprint density at radius 2 is 1.72 bits per heavy atom. The number of para-hydroxylation sites is 1. The first-order chi connectivity index (χ1) is 8.75. The molecule has 2 nitrogen and oxygen atoms in total. The van der Waals surface area contributed by atoms with Crippen molar-refractivity contribution in [3.8, 4) is 0 Å². The molecule has 2 aromatic carbocycles. The van der Waals surface area contributed by atoms with Crippen molar-refractivity contribution in [1.29, 1.82) is 0 Å². The molecular weight excluding hydrogens is 227 g/mol. The molecule has 0 radical (unpaired) electrons. The zero-order chi connectivity index (χ0) is 12.5. The van der Waals surface area contributed by atoms with Crippen molar-refractivity contribution in [2.75, 3.05) is 23.7 Å². The predicted molar refractivity (Wildman–Crippen MR) is 72.2 cm³/mol. The molecular formula is C15H15FN2. The summed E-state index contributed by atoms with van der Waals surface area (Å²) in [7, 11) is 0. The fourth-order valence-electron chi connectivity index (χ4n) is 2.46. The van der Waals surface area contributed by atoms with Crippen LogP contribution in [0.15, 0.2) is 48.5 Å². The Hall–Kier alpha value is -2.03. The Balaban J connectivity index is 1.76. The maximum absolute atomic E-state index is 13.7. The van der Waals surface area contributed by atoms with Crippen molar-refractivity contribution in [2.24, 2.45) is 0 Å². The van der Waals surface area contributed by atoms with Crippen LogP contribution in [0.5, 0.6) is 0 Å². The number of rotatable bonds is 2. The van der Waals surface area contributed by atoms with Crippen LogP contribution in [0.1, 0.15) is 11.5 Å². The molecule has 3 rings (SSSR count). The van der Waals surface area contributed by atoms with E-state index in [2.05, 4.69) is 12.1 Å². The second-order valence-electron chi connectivity index (χ2n) is 4.69. The van der Waals surface area contributed by atoms with Crippen molar-refractivity contribution in [3.05, 3.63) is 59.9 Å². The van der Waals surface area contributed by atoms with Crippen molar-refractivity contribution >= 4 is 11.4 Å². The molecule has 1 aliphatic rings. The highest BCUT2D eigenvalue weighted by atomic mass is 19.1. The van der Waals surface area contributed by atoms with Gasteiger partial charge in [-0.2, -0.15) is 0 Å². The minimum absolute atomic E-state index is 0.235. The van der Waals surface area contributed by atoms with Crippen molar-refractivity contribution in [2.45, 2.75) is 5.92 Å². The lowest BCUT2D eigenvalue weighted by atomic mass is 9.91. The number of benzene rings is 2. The molecule has 1 saturated heterocycles. The predicted octanol–water partition coefficient (Wildman–Crippen LogP) is 3.01. The summed E-state index contributed by atoms with van der Waals surface area (Å²) in [6.45, 7) is 1.66. The molecule has 0 saturated carbocycles. The minimum atomic E-state index is -0.235. The summed E-state index contributed by atoms with van der Waals surface area (Å²) in [5.41, 5.74) is 8.20. The Kier molecular flexibility index (Phi) is 2.67. The van der Waals surface area contributed by atoms with E-state index in [-0.39, 0.29) is 5.82 Å². The molecule has 0 bridgehead atoms. The molecule has 1 aliphatic heterocycles. The van der Waals surface area contributed by atoms with E-state index in [1.165, 1.54) is 11.6 Å². The molecule has 0 spiro atoms. The van der Waals surface area contributed by atoms with Crippen LogP contribution in [0.25, 0.3) is 0 Å². The van der Waals surface area contributed by atoms with Gasteiger partial charge < -0.3 is 10.6 Å². The van der Waals surface area contributed by atoms with Crippen LogP contribution in [-0.2, 0) is 0 Å². The van der Waals surface area contributed by atoms with Gasteiger partial charge in [0, 0.05) is 19.0 Å². The van der Waals surface area contributed by atoms with Crippen LogP contribution in [0.4, 0.5) is 15.8 Å². The molecule has 3 heteroatoms. The molecule has 92 valence electrons. The van der Waals surface area contributed by atoms with Gasteiger partial charge in [-0.1, -0.05) is 36.4 Å². The third-order valence-corrected chi connectivity index (χ3v) is 3.49. The summed E-state index contributed by atoms with van der Waals surface area (Å²) in [6, 6.07) is 15.2. The number of hydrogen-bond donors (Lipinski definition) is 1. The molecule has 2 N–H and O–H groups in total. The van der Waals surface area contributed by atoms with Gasteiger partial charge in [-0.15, -0.1) is 0 Å². The van der Waals surface area contributed by atoms with Gasteiger partial charge >= 0.3 is 0 Å². The monoisotopic (exact) mass is 242 g/mol. The van der Waals surface area contributed by atoms with Crippen LogP contribution < -0.4 is 10.6 Å². The molecule has 1 heterocycles. The summed E-state index contributed by atoms with van der Waals surface area (Å²) in [5, 5.41) is 0. The van der Waals surface area contributed by atoms with Crippen molar-refractivity contribution in [3.63, 3.8) is 0 Å². The summed E-state index contributed by atoms with van der Waals surface area (Å²) in [6.07, 6.45) is 0. The normalized spacial score (nSPS) is 15.5. The number of anilines is 2. The standard InChI is InChI=1S/C15H15FN2/c16-13-7-4-8-14(17)15(13)18-9-12(10-18)11-5-2-1-3-6-11/h1-8,12H,9-10,17H2. The third kappa shape index (κ3) is 1.82. The highest BCUT2D eigenvalue weighted by Gasteiger charge is 2.30. The van der Waals surface area contributed by atoms with Gasteiger partial charge in [0.05, 0.1) is 11.4 Å². The maximum atomic E-state index is 13.7. The lowest BCUT2D eigenvalue weighted by molar-refractivity contribution is 0.510. The number of nitrogen functional groups attached to an aromatic ring is 1. The lowest BCUT2D eigenvalue weighted by Crippen LogP contribution is -2.45. The van der Waals surface area contributed by atoms with Crippen LogP contribution in [0.2, 0.25) is 0 Å². The topological polar surface area (TPSA) is 29.3 Å². The van der Waals surface area contributed by atoms with Crippen molar-refractivity contribution < 1.29 is 4.39 Å². The van der Waals surface area contributed by atoms with Crippen LogP contribution in [0, 0.1) is 5.82 Å². The van der Waals surface area contributed by atoms with E-state index in [1.54, 1.807) is 12.1 Å². The quantitative estimate of drug-likeness (QED) is 0.820. The average Bonchev–Trinajstić information content (AvgIpc) is 2.32. The molecule has 0 unspecified atom stereocenters. The SMILES string of the molecule is Nc1cccc(F)c1N1CC(c2ccccc2)C1. The fourth-order valence-corrected chi connectivity index (χ4v) is 2.46. The number of nitrogens with two attached hydrogens (primary N) is 1. The largest absolute Gasteiger partial charge is 0.397 e. The van der Waals surface area contributed by atoms with Gasteiger partial charge in [0.1, 0.15) is 5.82 Å². The first kappa shape index (κ1) is 11.1. The second-order valence-corrected chi connectivity index (χ2v) is 4.69. The second kappa shape index (κ2) is 4.33. The van der Waals surface area contributed by atoms with E-state index in [4.69, 9.17) is 5.73 Å². The first-order valence-corrected chi connectivity index (χ1v) is 6.09. The summed E-state index contributed by atoms with van der Waals surface area (Å²) >= 11 is 0. The average molecular weight is 242 g/mol. The van der Waals surface area contributed by atoms with E-state index < -0.39 is 0 Å². The number of nitrogens with zero attached hydrogens (tertiary/aromatic N) is 1. The molecule has 0 amide bonds. The van der Waals surface area contributed by atoms with E-state index in [1.807, 2.05) is 23.1 Å². The zero-order valence-electron chi connectivity index (χ0n) is 10.0. The molecule has 0 aliphatic carbocycles. The van der Waals surface area contributed by atoms with Gasteiger partial charge in [0.25, 0.3) is 0 Å². The third-order valence-electron chi connectivity index (χ3n) is 3.49. The summed E-state index contributed by atoms with van der Waals surface area (Å²) < 4.78 is 13.7. The smallest absolute Gasteiger partial charge is 0.148 e. The van der Waals surface area contributed by atoms with Crippen LogP contribution >= 0.6 is 0 Å². The summed E-state index contributed by atoms with van der Waals surface area (Å²) in [4.78, 5) is 2.00. The molecule has 1 fully saturated rings. The van der Waals surface area contributed by atoms with Gasteiger partial charge in [0.2, 0.25) is 0 Å². The molecule has 0 aromatic heterocycles. The number of halogens is 1. The Morgan fingerprint density at radius 1 is 1.00 bits per heavy atom. The van der Waals surface area contributed by atoms with Crippen LogP contribution in [-0.4, -0.2) is 13.1 Å². The van der Waals surface area contributed by atoms with Gasteiger partial charge in [-0.05, 0) is 17.7 Å². The van der Waals surface area contributed by atoms with Crippen LogP contribution in [0.3, 0.4) is 0 Å². The summed E-state index contributed by atoms with van der Waals surface area (Å²) in [5.74, 6) is 0.242. The minimum Gasteiger partial charge on any atom is -0.397 e. The van der Waals surface area contributed by atoms with Crippen molar-refractivity contribution in [1.82, 2.24) is 0 Å². The van der Waals surface area contributed by atoms with E-state index in [0.29, 0.717) is 17.3 Å². The fraction of sp³-hybridized carbons (Fsp3) is 0.200. The van der Waals surface area contributed by atoms with Gasteiger partial charge in [-0.25, -0.2) is 4.39 Å².